The third-order valence-corrected chi connectivity index (χ3v) is 3.96. The molecule has 2 aromatic rings. The summed E-state index contributed by atoms with van der Waals surface area (Å²) >= 11 is 0. The minimum Gasteiger partial charge on any atom is -0.508 e. The number of hydrazone groups is 1. The average Bonchev–Trinajstić information content (AvgIpc) is 2.43. The zero-order chi connectivity index (χ0) is 15.5. The van der Waals surface area contributed by atoms with Gasteiger partial charge in [0.1, 0.15) is 11.5 Å². The van der Waals surface area contributed by atoms with Gasteiger partial charge in [-0.1, -0.05) is 17.7 Å². The Bertz CT molecular complexity index is 768. The molecule has 0 unspecified atom stereocenters. The maximum absolute atomic E-state index is 11.9. The van der Waals surface area contributed by atoms with Crippen LogP contribution in [-0.4, -0.2) is 24.8 Å². The molecule has 0 aliphatic carbocycles. The Balaban J connectivity index is 2.16. The van der Waals surface area contributed by atoms with E-state index in [1.165, 1.54) is 30.3 Å². The van der Waals surface area contributed by atoms with E-state index in [1.54, 1.807) is 12.1 Å². The number of phenols is 2. The highest BCUT2D eigenvalue weighted by molar-refractivity contribution is 7.89. The van der Waals surface area contributed by atoms with Crippen LogP contribution in [0.4, 0.5) is 0 Å². The molecule has 21 heavy (non-hydrogen) atoms. The molecule has 0 fully saturated rings. The smallest absolute Gasteiger partial charge is 0.276 e. The number of nitrogens with one attached hydrogen (secondary N) is 1. The van der Waals surface area contributed by atoms with E-state index in [0.29, 0.717) is 0 Å². The molecule has 2 rings (SSSR count). The first kappa shape index (κ1) is 14.9. The summed E-state index contributed by atoms with van der Waals surface area (Å²) in [5, 5.41) is 22.4. The Labute approximate surface area is 122 Å². The van der Waals surface area contributed by atoms with Crippen molar-refractivity contribution in [2.75, 3.05) is 0 Å². The lowest BCUT2D eigenvalue weighted by Gasteiger charge is -2.04. The minimum atomic E-state index is -3.76. The van der Waals surface area contributed by atoms with E-state index in [4.69, 9.17) is 0 Å². The molecule has 7 heteroatoms. The maximum atomic E-state index is 11.9. The molecule has 0 heterocycles. The third-order valence-electron chi connectivity index (χ3n) is 2.72. The Morgan fingerprint density at radius 2 is 1.76 bits per heavy atom. The van der Waals surface area contributed by atoms with Crippen molar-refractivity contribution in [2.45, 2.75) is 11.8 Å². The molecule has 0 saturated heterocycles. The number of nitrogens with zero attached hydrogens (tertiary/aromatic N) is 1. The standard InChI is InChI=1S/C14H14N2O4S/c1-10-2-5-13(6-3-10)21(19,20)16-15-9-11-8-12(17)4-7-14(11)18/h2-9,16-18H,1H3. The van der Waals surface area contributed by atoms with Crippen molar-refractivity contribution >= 4 is 16.2 Å². The number of aromatic hydroxyl groups is 2. The summed E-state index contributed by atoms with van der Waals surface area (Å²) in [6.45, 7) is 1.85. The van der Waals surface area contributed by atoms with Gasteiger partial charge < -0.3 is 10.2 Å². The Morgan fingerprint density at radius 1 is 1.10 bits per heavy atom. The van der Waals surface area contributed by atoms with Crippen LogP contribution >= 0.6 is 0 Å². The normalized spacial score (nSPS) is 11.7. The highest BCUT2D eigenvalue weighted by atomic mass is 32.2. The summed E-state index contributed by atoms with van der Waals surface area (Å²) < 4.78 is 23.9. The fourth-order valence-electron chi connectivity index (χ4n) is 1.58. The number of hydrogen-bond acceptors (Lipinski definition) is 5. The number of hydrogen-bond donors (Lipinski definition) is 3. The van der Waals surface area contributed by atoms with E-state index in [9.17, 15) is 18.6 Å². The molecule has 2 aromatic carbocycles. The fraction of sp³-hybridized carbons (Fsp3) is 0.0714. The molecule has 0 atom stereocenters. The molecule has 0 spiro atoms. The molecule has 110 valence electrons. The molecule has 0 aliphatic heterocycles. The van der Waals surface area contributed by atoms with Gasteiger partial charge in [-0.05, 0) is 37.3 Å². The van der Waals surface area contributed by atoms with Crippen LogP contribution in [0.5, 0.6) is 11.5 Å². The molecular formula is C14H14N2O4S. The van der Waals surface area contributed by atoms with Crippen LogP contribution in [0.15, 0.2) is 52.5 Å². The van der Waals surface area contributed by atoms with Crippen molar-refractivity contribution in [1.29, 1.82) is 0 Å². The van der Waals surface area contributed by atoms with Crippen LogP contribution in [0, 0.1) is 6.92 Å². The molecular weight excluding hydrogens is 292 g/mol. The monoisotopic (exact) mass is 306 g/mol. The third kappa shape index (κ3) is 3.73. The van der Waals surface area contributed by atoms with Crippen molar-refractivity contribution in [3.05, 3.63) is 53.6 Å². The van der Waals surface area contributed by atoms with Crippen molar-refractivity contribution in [3.63, 3.8) is 0 Å². The van der Waals surface area contributed by atoms with E-state index in [-0.39, 0.29) is 22.0 Å². The first-order valence-electron chi connectivity index (χ1n) is 6.02. The number of phenolic OH excluding ortho intramolecular Hbond substituents is 2. The number of sulfonamides is 1. The molecule has 0 aliphatic rings. The molecule has 6 nitrogen and oxygen atoms in total. The quantitative estimate of drug-likeness (QED) is 0.455. The average molecular weight is 306 g/mol. The Morgan fingerprint density at radius 3 is 2.43 bits per heavy atom. The van der Waals surface area contributed by atoms with Crippen molar-refractivity contribution < 1.29 is 18.6 Å². The summed E-state index contributed by atoms with van der Waals surface area (Å²) in [4.78, 5) is 2.13. The second kappa shape index (κ2) is 5.84. The van der Waals surface area contributed by atoms with E-state index in [2.05, 4.69) is 5.10 Å². The summed E-state index contributed by atoms with van der Waals surface area (Å²) in [6.07, 6.45) is 1.11. The van der Waals surface area contributed by atoms with Gasteiger partial charge >= 0.3 is 0 Å². The summed E-state index contributed by atoms with van der Waals surface area (Å²) in [7, 11) is -3.76. The Kier molecular flexibility index (Phi) is 4.13. The number of benzene rings is 2. The predicted molar refractivity (Wildman–Crippen MR) is 78.9 cm³/mol. The van der Waals surface area contributed by atoms with E-state index in [1.807, 2.05) is 11.8 Å². The molecule has 3 N–H and O–H groups in total. The lowest BCUT2D eigenvalue weighted by molar-refractivity contribution is 0.459. The highest BCUT2D eigenvalue weighted by Gasteiger charge is 2.11. The van der Waals surface area contributed by atoms with Crippen LogP contribution < -0.4 is 4.83 Å². The summed E-state index contributed by atoms with van der Waals surface area (Å²) in [5.41, 5.74) is 1.14. The van der Waals surface area contributed by atoms with Crippen LogP contribution in [0.1, 0.15) is 11.1 Å². The van der Waals surface area contributed by atoms with Crippen molar-refractivity contribution in [3.8, 4) is 11.5 Å². The van der Waals surface area contributed by atoms with Gasteiger partial charge in [-0.2, -0.15) is 13.5 Å². The van der Waals surface area contributed by atoms with Crippen LogP contribution in [0.2, 0.25) is 0 Å². The van der Waals surface area contributed by atoms with Gasteiger partial charge in [-0.3, -0.25) is 0 Å². The minimum absolute atomic E-state index is 0.0596. The number of rotatable bonds is 4. The van der Waals surface area contributed by atoms with Crippen molar-refractivity contribution in [1.82, 2.24) is 4.83 Å². The molecule has 0 amide bonds. The summed E-state index contributed by atoms with van der Waals surface area (Å²) in [5.74, 6) is -0.179. The van der Waals surface area contributed by atoms with Gasteiger partial charge in [0.05, 0.1) is 11.1 Å². The maximum Gasteiger partial charge on any atom is 0.276 e. The highest BCUT2D eigenvalue weighted by Crippen LogP contribution is 2.20. The van der Waals surface area contributed by atoms with Gasteiger partial charge in [-0.15, -0.1) is 0 Å². The summed E-state index contributed by atoms with van der Waals surface area (Å²) in [6, 6.07) is 10.2. The van der Waals surface area contributed by atoms with Gasteiger partial charge in [0.15, 0.2) is 0 Å². The Hall–Kier alpha value is -2.54. The first-order valence-corrected chi connectivity index (χ1v) is 7.50. The predicted octanol–water partition coefficient (Wildman–Crippen LogP) is 1.72. The molecule has 0 bridgehead atoms. The van der Waals surface area contributed by atoms with Gasteiger partial charge in [0.25, 0.3) is 10.0 Å². The van der Waals surface area contributed by atoms with Gasteiger partial charge in [0.2, 0.25) is 0 Å². The SMILES string of the molecule is Cc1ccc(S(=O)(=O)NN=Cc2cc(O)ccc2O)cc1. The largest absolute Gasteiger partial charge is 0.508 e. The first-order chi connectivity index (χ1) is 9.88. The van der Waals surface area contributed by atoms with E-state index < -0.39 is 10.0 Å². The van der Waals surface area contributed by atoms with Crippen LogP contribution in [-0.2, 0) is 10.0 Å². The topological polar surface area (TPSA) is 99.0 Å². The van der Waals surface area contributed by atoms with Crippen molar-refractivity contribution in [2.24, 2.45) is 5.10 Å². The lowest BCUT2D eigenvalue weighted by Crippen LogP contribution is -2.18. The number of aryl methyl sites for hydroxylation is 1. The van der Waals surface area contributed by atoms with Crippen LogP contribution in [0.3, 0.4) is 0 Å². The van der Waals surface area contributed by atoms with Gasteiger partial charge in [0, 0.05) is 5.56 Å². The molecule has 0 aromatic heterocycles. The van der Waals surface area contributed by atoms with Gasteiger partial charge in [-0.25, -0.2) is 4.83 Å². The van der Waals surface area contributed by atoms with Crippen LogP contribution in [0.25, 0.3) is 0 Å². The second-order valence-electron chi connectivity index (χ2n) is 4.41. The molecule has 0 saturated carbocycles. The van der Waals surface area contributed by atoms with E-state index >= 15 is 0 Å². The lowest BCUT2D eigenvalue weighted by atomic mass is 10.2. The zero-order valence-electron chi connectivity index (χ0n) is 11.2. The fourth-order valence-corrected chi connectivity index (χ4v) is 2.37. The molecule has 0 radical (unpaired) electrons. The van der Waals surface area contributed by atoms with E-state index in [0.717, 1.165) is 11.8 Å². The second-order valence-corrected chi connectivity index (χ2v) is 6.07. The zero-order valence-corrected chi connectivity index (χ0v) is 12.0.